The van der Waals surface area contributed by atoms with E-state index in [-0.39, 0.29) is 18.6 Å². The van der Waals surface area contributed by atoms with Gasteiger partial charge in [0.15, 0.2) is 0 Å². The average Bonchev–Trinajstić information content (AvgIpc) is 2.81. The molecule has 0 aliphatic carbocycles. The maximum absolute atomic E-state index is 11.6. The Labute approximate surface area is 102 Å². The summed E-state index contributed by atoms with van der Waals surface area (Å²) in [5, 5.41) is 13.0. The quantitative estimate of drug-likeness (QED) is 0.802. The van der Waals surface area contributed by atoms with Crippen molar-refractivity contribution in [3.05, 3.63) is 22.4 Å². The zero-order valence-electron chi connectivity index (χ0n) is 9.30. The average molecular weight is 255 g/mol. The maximum atomic E-state index is 11.6. The second-order valence-electron chi connectivity index (χ2n) is 3.44. The van der Waals surface area contributed by atoms with Gasteiger partial charge in [0.25, 0.3) is 5.91 Å². The van der Waals surface area contributed by atoms with Gasteiger partial charge in [-0.1, -0.05) is 13.0 Å². The molecule has 92 valence electrons. The first-order valence-corrected chi connectivity index (χ1v) is 6.01. The summed E-state index contributed by atoms with van der Waals surface area (Å²) in [7, 11) is 0. The van der Waals surface area contributed by atoms with E-state index in [0.29, 0.717) is 4.88 Å². The minimum Gasteiger partial charge on any atom is -0.480 e. The number of rotatable bonds is 6. The Hall–Kier alpha value is -1.69. The first kappa shape index (κ1) is 13.4. The highest BCUT2D eigenvalue weighted by molar-refractivity contribution is 7.12. The van der Waals surface area contributed by atoms with Gasteiger partial charge in [0, 0.05) is 12.8 Å². The third kappa shape index (κ3) is 3.99. The first-order chi connectivity index (χ1) is 8.04. The molecule has 1 unspecified atom stereocenters. The lowest BCUT2D eigenvalue weighted by molar-refractivity contribution is -0.141. The molecular weight excluding hydrogens is 242 g/mol. The van der Waals surface area contributed by atoms with Gasteiger partial charge in [-0.3, -0.25) is 9.59 Å². The normalized spacial score (nSPS) is 11.8. The van der Waals surface area contributed by atoms with E-state index in [9.17, 15) is 14.4 Å². The number of carbonyl (C=O) groups excluding carboxylic acids is 2. The third-order valence-corrected chi connectivity index (χ3v) is 3.04. The highest BCUT2D eigenvalue weighted by Crippen LogP contribution is 2.09. The van der Waals surface area contributed by atoms with E-state index in [1.807, 2.05) is 0 Å². The van der Waals surface area contributed by atoms with Crippen molar-refractivity contribution in [1.82, 2.24) is 5.32 Å². The number of Topliss-reactive ketones (excluding diaryl/α,β-unsaturated/α-hetero) is 1. The van der Waals surface area contributed by atoms with Crippen molar-refractivity contribution in [2.24, 2.45) is 0 Å². The fourth-order valence-corrected chi connectivity index (χ4v) is 1.84. The molecule has 1 amide bonds. The fourth-order valence-electron chi connectivity index (χ4n) is 1.21. The van der Waals surface area contributed by atoms with E-state index in [1.54, 1.807) is 24.4 Å². The molecule has 0 aromatic carbocycles. The highest BCUT2D eigenvalue weighted by Gasteiger charge is 2.23. The number of hydrogen-bond acceptors (Lipinski definition) is 4. The van der Waals surface area contributed by atoms with Crippen LogP contribution in [0.15, 0.2) is 17.5 Å². The van der Waals surface area contributed by atoms with Gasteiger partial charge in [-0.05, 0) is 11.4 Å². The van der Waals surface area contributed by atoms with E-state index >= 15 is 0 Å². The zero-order valence-corrected chi connectivity index (χ0v) is 10.1. The predicted molar refractivity (Wildman–Crippen MR) is 63.1 cm³/mol. The van der Waals surface area contributed by atoms with Crippen LogP contribution in [0.2, 0.25) is 0 Å². The number of ketones is 1. The maximum Gasteiger partial charge on any atom is 0.326 e. The molecule has 0 bridgehead atoms. The summed E-state index contributed by atoms with van der Waals surface area (Å²) < 4.78 is 0. The number of carbonyl (C=O) groups is 3. The van der Waals surface area contributed by atoms with E-state index in [1.165, 1.54) is 11.3 Å². The molecular formula is C11H13NO4S. The monoisotopic (exact) mass is 255 g/mol. The molecule has 0 radical (unpaired) electrons. The van der Waals surface area contributed by atoms with Gasteiger partial charge in [0.2, 0.25) is 0 Å². The van der Waals surface area contributed by atoms with E-state index in [0.717, 1.165) is 0 Å². The van der Waals surface area contributed by atoms with E-state index in [2.05, 4.69) is 5.32 Å². The van der Waals surface area contributed by atoms with Crippen LogP contribution in [-0.2, 0) is 9.59 Å². The second kappa shape index (κ2) is 6.15. The molecule has 0 spiro atoms. The summed E-state index contributed by atoms with van der Waals surface area (Å²) in [5.74, 6) is -1.85. The van der Waals surface area contributed by atoms with Crippen LogP contribution in [0.5, 0.6) is 0 Å². The number of thiophene rings is 1. The van der Waals surface area contributed by atoms with Crippen molar-refractivity contribution in [2.45, 2.75) is 25.8 Å². The molecule has 5 nitrogen and oxygen atoms in total. The molecule has 17 heavy (non-hydrogen) atoms. The lowest BCUT2D eigenvalue weighted by atomic mass is 10.1. The molecule has 6 heteroatoms. The van der Waals surface area contributed by atoms with E-state index < -0.39 is 17.9 Å². The number of aliphatic carboxylic acids is 1. The number of carboxylic acids is 1. The molecule has 1 rings (SSSR count). The molecule has 1 heterocycles. The van der Waals surface area contributed by atoms with Gasteiger partial charge in [-0.2, -0.15) is 0 Å². The van der Waals surface area contributed by atoms with E-state index in [4.69, 9.17) is 5.11 Å². The minimum atomic E-state index is -1.20. The van der Waals surface area contributed by atoms with Crippen molar-refractivity contribution in [3.8, 4) is 0 Å². The highest BCUT2D eigenvalue weighted by atomic mass is 32.1. The Bertz CT molecular complexity index is 413. The van der Waals surface area contributed by atoms with Gasteiger partial charge in [0.1, 0.15) is 11.8 Å². The number of carboxylic acid groups (broad SMARTS) is 1. The summed E-state index contributed by atoms with van der Waals surface area (Å²) >= 11 is 1.22. The largest absolute Gasteiger partial charge is 0.480 e. The van der Waals surface area contributed by atoms with Crippen LogP contribution in [0, 0.1) is 0 Å². The summed E-state index contributed by atoms with van der Waals surface area (Å²) in [4.78, 5) is 34.1. The van der Waals surface area contributed by atoms with Gasteiger partial charge < -0.3 is 10.4 Å². The summed E-state index contributed by atoms with van der Waals surface area (Å²) in [6.45, 7) is 1.66. The second-order valence-corrected chi connectivity index (χ2v) is 4.39. The Kier molecular flexibility index (Phi) is 4.84. The van der Waals surface area contributed by atoms with Crippen LogP contribution in [-0.4, -0.2) is 28.8 Å². The summed E-state index contributed by atoms with van der Waals surface area (Å²) in [5.41, 5.74) is 0. The van der Waals surface area contributed by atoms with Gasteiger partial charge in [0.05, 0.1) is 4.88 Å². The van der Waals surface area contributed by atoms with Crippen molar-refractivity contribution in [2.75, 3.05) is 0 Å². The Morgan fingerprint density at radius 3 is 2.65 bits per heavy atom. The molecule has 2 N–H and O–H groups in total. The topological polar surface area (TPSA) is 83.5 Å². The number of nitrogens with one attached hydrogen (secondary N) is 1. The zero-order chi connectivity index (χ0) is 12.8. The van der Waals surface area contributed by atoms with Crippen molar-refractivity contribution >= 4 is 29.0 Å². The van der Waals surface area contributed by atoms with Crippen LogP contribution in [0.4, 0.5) is 0 Å². The minimum absolute atomic E-state index is 0.178. The van der Waals surface area contributed by atoms with Crippen molar-refractivity contribution < 1.29 is 19.5 Å². The van der Waals surface area contributed by atoms with Crippen LogP contribution < -0.4 is 5.32 Å². The fraction of sp³-hybridized carbons (Fsp3) is 0.364. The van der Waals surface area contributed by atoms with Crippen LogP contribution >= 0.6 is 11.3 Å². The van der Waals surface area contributed by atoms with Crippen LogP contribution in [0.25, 0.3) is 0 Å². The van der Waals surface area contributed by atoms with Crippen LogP contribution in [0.1, 0.15) is 29.4 Å². The van der Waals surface area contributed by atoms with Crippen molar-refractivity contribution in [3.63, 3.8) is 0 Å². The van der Waals surface area contributed by atoms with Crippen molar-refractivity contribution in [1.29, 1.82) is 0 Å². The van der Waals surface area contributed by atoms with Crippen LogP contribution in [0.3, 0.4) is 0 Å². The smallest absolute Gasteiger partial charge is 0.326 e. The lowest BCUT2D eigenvalue weighted by Gasteiger charge is -2.12. The number of hydrogen-bond donors (Lipinski definition) is 2. The first-order valence-electron chi connectivity index (χ1n) is 5.13. The predicted octanol–water partition coefficient (Wildman–Crippen LogP) is 1.30. The Morgan fingerprint density at radius 1 is 1.47 bits per heavy atom. The molecule has 1 aromatic heterocycles. The summed E-state index contributed by atoms with van der Waals surface area (Å²) in [6.07, 6.45) is 0.0849. The molecule has 1 atom stereocenters. The lowest BCUT2D eigenvalue weighted by Crippen LogP contribution is -2.41. The standard InChI is InChI=1S/C11H13NO4S/c1-2-7(13)6-8(11(15)16)12-10(14)9-4-3-5-17-9/h3-5,8H,2,6H2,1H3,(H,12,14)(H,15,16). The molecule has 0 aliphatic rings. The molecule has 1 aromatic rings. The Morgan fingerprint density at radius 2 is 2.18 bits per heavy atom. The molecule has 0 fully saturated rings. The Balaban J connectivity index is 2.64. The molecule has 0 aliphatic heterocycles. The van der Waals surface area contributed by atoms with Gasteiger partial charge in [-0.15, -0.1) is 11.3 Å². The SMILES string of the molecule is CCC(=O)CC(NC(=O)c1cccs1)C(=O)O. The molecule has 0 saturated heterocycles. The number of amides is 1. The molecule has 0 saturated carbocycles. The summed E-state index contributed by atoms with van der Waals surface area (Å²) in [6, 6.07) is 2.14. The van der Waals surface area contributed by atoms with Gasteiger partial charge in [-0.25, -0.2) is 4.79 Å². The third-order valence-electron chi connectivity index (χ3n) is 2.17. The van der Waals surface area contributed by atoms with Gasteiger partial charge >= 0.3 is 5.97 Å².